The number of pyridine rings is 1. The number of aromatic nitrogens is 3. The summed E-state index contributed by atoms with van der Waals surface area (Å²) in [7, 11) is 0. The second kappa shape index (κ2) is 7.24. The molecule has 2 aromatic heterocycles. The fourth-order valence-corrected chi connectivity index (χ4v) is 3.85. The van der Waals surface area contributed by atoms with Crippen LogP contribution in [-0.2, 0) is 11.3 Å². The van der Waals surface area contributed by atoms with Crippen LogP contribution in [0.4, 0.5) is 5.95 Å². The number of fused-ring (bicyclic) bond motifs is 3. The molecule has 1 amide bonds. The third kappa shape index (κ3) is 3.11. The molecule has 7 heteroatoms. The predicted molar refractivity (Wildman–Crippen MR) is 105 cm³/mol. The average molecular weight is 378 g/mol. The highest BCUT2D eigenvalue weighted by Crippen LogP contribution is 2.28. The zero-order valence-corrected chi connectivity index (χ0v) is 15.6. The Hall–Kier alpha value is -2.93. The van der Waals surface area contributed by atoms with E-state index in [-0.39, 0.29) is 5.91 Å². The van der Waals surface area contributed by atoms with E-state index in [9.17, 15) is 4.79 Å². The maximum absolute atomic E-state index is 13.0. The number of carbonyl (C=O) groups excluding carboxylic acids is 1. The highest BCUT2D eigenvalue weighted by Gasteiger charge is 2.29. The van der Waals surface area contributed by atoms with Crippen LogP contribution in [-0.4, -0.2) is 46.8 Å². The van der Waals surface area contributed by atoms with E-state index in [2.05, 4.69) is 14.5 Å². The van der Waals surface area contributed by atoms with Gasteiger partial charge in [-0.25, -0.2) is 9.97 Å². The lowest BCUT2D eigenvalue weighted by atomic mass is 10.0. The van der Waals surface area contributed by atoms with E-state index >= 15 is 0 Å². The molecule has 0 N–H and O–H groups in total. The summed E-state index contributed by atoms with van der Waals surface area (Å²) in [5.41, 5.74) is 2.51. The third-order valence-corrected chi connectivity index (χ3v) is 5.46. The normalized spacial score (nSPS) is 17.1. The van der Waals surface area contributed by atoms with Crippen LogP contribution in [0.25, 0.3) is 11.0 Å². The molecule has 1 saturated heterocycles. The maximum Gasteiger partial charge on any atom is 0.262 e. The highest BCUT2D eigenvalue weighted by atomic mass is 16.5. The quantitative estimate of drug-likeness (QED) is 0.698. The molecular formula is C21H22N4O3. The number of hydrogen-bond donors (Lipinski definition) is 0. The van der Waals surface area contributed by atoms with E-state index in [4.69, 9.17) is 9.47 Å². The summed E-state index contributed by atoms with van der Waals surface area (Å²) in [4.78, 5) is 23.7. The van der Waals surface area contributed by atoms with Gasteiger partial charge in [0.2, 0.25) is 11.8 Å². The van der Waals surface area contributed by atoms with Crippen molar-refractivity contribution in [3.8, 4) is 5.88 Å². The molecule has 1 aromatic carbocycles. The molecule has 4 heterocycles. The molecule has 0 spiro atoms. The van der Waals surface area contributed by atoms with Crippen LogP contribution in [0.1, 0.15) is 23.2 Å². The Morgan fingerprint density at radius 1 is 1.14 bits per heavy atom. The lowest BCUT2D eigenvalue weighted by Gasteiger charge is -2.21. The number of para-hydroxylation sites is 2. The van der Waals surface area contributed by atoms with Crippen LogP contribution in [0.5, 0.6) is 5.88 Å². The number of rotatable bonds is 4. The third-order valence-electron chi connectivity index (χ3n) is 5.46. The van der Waals surface area contributed by atoms with Crippen molar-refractivity contribution in [2.24, 2.45) is 5.92 Å². The second-order valence-corrected chi connectivity index (χ2v) is 7.26. The second-order valence-electron chi connectivity index (χ2n) is 7.26. The van der Waals surface area contributed by atoms with Crippen molar-refractivity contribution in [2.75, 3.05) is 31.3 Å². The van der Waals surface area contributed by atoms with Gasteiger partial charge in [0, 0.05) is 38.6 Å². The molecule has 0 atom stereocenters. The number of ether oxygens (including phenoxy) is 2. The van der Waals surface area contributed by atoms with Gasteiger partial charge in [-0.15, -0.1) is 0 Å². The molecular weight excluding hydrogens is 356 g/mol. The zero-order valence-electron chi connectivity index (χ0n) is 15.6. The number of nitrogens with zero attached hydrogens (tertiary/aromatic N) is 4. The highest BCUT2D eigenvalue weighted by molar-refractivity contribution is 6.06. The number of imidazole rings is 1. The molecule has 28 heavy (non-hydrogen) atoms. The minimum absolute atomic E-state index is 0.0856. The predicted octanol–water partition coefficient (Wildman–Crippen LogP) is 2.90. The van der Waals surface area contributed by atoms with Crippen molar-refractivity contribution in [3.63, 3.8) is 0 Å². The van der Waals surface area contributed by atoms with Crippen LogP contribution in [0.2, 0.25) is 0 Å². The minimum Gasteiger partial charge on any atom is -0.477 e. The van der Waals surface area contributed by atoms with Crippen molar-refractivity contribution in [1.29, 1.82) is 0 Å². The first-order valence-corrected chi connectivity index (χ1v) is 9.73. The Balaban J connectivity index is 1.29. The van der Waals surface area contributed by atoms with E-state index in [1.807, 2.05) is 24.3 Å². The molecule has 7 nitrogen and oxygen atoms in total. The van der Waals surface area contributed by atoms with Gasteiger partial charge < -0.3 is 14.0 Å². The van der Waals surface area contributed by atoms with Crippen molar-refractivity contribution < 1.29 is 14.3 Å². The first-order chi connectivity index (χ1) is 13.8. The molecule has 0 aliphatic carbocycles. The maximum atomic E-state index is 13.0. The zero-order chi connectivity index (χ0) is 18.9. The summed E-state index contributed by atoms with van der Waals surface area (Å²) in [6, 6.07) is 11.5. The van der Waals surface area contributed by atoms with Gasteiger partial charge in [0.05, 0.1) is 23.2 Å². The van der Waals surface area contributed by atoms with Gasteiger partial charge in [0.1, 0.15) is 0 Å². The Bertz CT molecular complexity index is 993. The van der Waals surface area contributed by atoms with E-state index in [1.54, 1.807) is 23.2 Å². The SMILES string of the molecule is O=C(c1ccc(OCC2CCOCC2)nc1)N1CCn2c1nc1ccccc12. The number of hydrogen-bond acceptors (Lipinski definition) is 5. The minimum atomic E-state index is -0.0856. The first-order valence-electron chi connectivity index (χ1n) is 9.73. The Labute approximate surface area is 162 Å². The van der Waals surface area contributed by atoms with Gasteiger partial charge in [0.15, 0.2) is 0 Å². The van der Waals surface area contributed by atoms with Crippen LogP contribution in [0, 0.1) is 5.92 Å². The van der Waals surface area contributed by atoms with E-state index in [1.165, 1.54) is 0 Å². The van der Waals surface area contributed by atoms with Crippen molar-refractivity contribution in [2.45, 2.75) is 19.4 Å². The summed E-state index contributed by atoms with van der Waals surface area (Å²) in [6.07, 6.45) is 3.63. The van der Waals surface area contributed by atoms with Crippen LogP contribution in [0.3, 0.4) is 0 Å². The van der Waals surface area contributed by atoms with E-state index in [0.29, 0.717) is 36.5 Å². The Kier molecular flexibility index (Phi) is 4.44. The largest absolute Gasteiger partial charge is 0.477 e. The molecule has 2 aliphatic rings. The van der Waals surface area contributed by atoms with Crippen molar-refractivity contribution >= 4 is 22.9 Å². The van der Waals surface area contributed by atoms with Crippen LogP contribution in [0.15, 0.2) is 42.6 Å². The van der Waals surface area contributed by atoms with Gasteiger partial charge >= 0.3 is 0 Å². The van der Waals surface area contributed by atoms with Crippen molar-refractivity contribution in [1.82, 2.24) is 14.5 Å². The lowest BCUT2D eigenvalue weighted by molar-refractivity contribution is 0.0490. The molecule has 2 aliphatic heterocycles. The number of benzene rings is 1. The number of carbonyl (C=O) groups is 1. The van der Waals surface area contributed by atoms with Gasteiger partial charge in [0.25, 0.3) is 5.91 Å². The number of anilines is 1. The lowest BCUT2D eigenvalue weighted by Crippen LogP contribution is -2.29. The summed E-state index contributed by atoms with van der Waals surface area (Å²) in [5.74, 6) is 1.68. The fraction of sp³-hybridized carbons (Fsp3) is 0.381. The molecule has 0 bridgehead atoms. The van der Waals surface area contributed by atoms with Gasteiger partial charge in [-0.2, -0.15) is 0 Å². The standard InChI is InChI=1S/C21H22N4O3/c26-20(25-10-9-24-18-4-2-1-3-17(18)23-21(24)25)16-5-6-19(22-13-16)28-14-15-7-11-27-12-8-15/h1-6,13,15H,7-12,14H2. The molecule has 5 rings (SSSR count). The average Bonchev–Trinajstić information content (AvgIpc) is 3.32. The van der Waals surface area contributed by atoms with E-state index in [0.717, 1.165) is 43.6 Å². The van der Waals surface area contributed by atoms with Gasteiger partial charge in [-0.05, 0) is 37.0 Å². The molecule has 0 saturated carbocycles. The molecule has 1 fully saturated rings. The summed E-state index contributed by atoms with van der Waals surface area (Å²) < 4.78 is 13.2. The topological polar surface area (TPSA) is 69.5 Å². The summed E-state index contributed by atoms with van der Waals surface area (Å²) in [6.45, 7) is 3.61. The van der Waals surface area contributed by atoms with Crippen LogP contribution >= 0.6 is 0 Å². The van der Waals surface area contributed by atoms with Gasteiger partial charge in [-0.1, -0.05) is 12.1 Å². The van der Waals surface area contributed by atoms with Gasteiger partial charge in [-0.3, -0.25) is 9.69 Å². The first kappa shape index (κ1) is 17.2. The Morgan fingerprint density at radius 2 is 2.00 bits per heavy atom. The summed E-state index contributed by atoms with van der Waals surface area (Å²) >= 11 is 0. The monoisotopic (exact) mass is 378 g/mol. The molecule has 3 aromatic rings. The number of amides is 1. The molecule has 0 unspecified atom stereocenters. The molecule has 0 radical (unpaired) electrons. The molecule has 144 valence electrons. The Morgan fingerprint density at radius 3 is 2.82 bits per heavy atom. The fourth-order valence-electron chi connectivity index (χ4n) is 3.85. The van der Waals surface area contributed by atoms with E-state index < -0.39 is 0 Å². The smallest absolute Gasteiger partial charge is 0.262 e. The van der Waals surface area contributed by atoms with Crippen molar-refractivity contribution in [3.05, 3.63) is 48.2 Å². The van der Waals surface area contributed by atoms with Crippen LogP contribution < -0.4 is 9.64 Å². The summed E-state index contributed by atoms with van der Waals surface area (Å²) in [5, 5.41) is 0.